The van der Waals surface area contributed by atoms with Gasteiger partial charge in [0.2, 0.25) is 0 Å². The molecular weight excluding hydrogens is 232 g/mol. The lowest BCUT2D eigenvalue weighted by Crippen LogP contribution is -2.18. The SMILES string of the molecule is Cc1cc(CNCCc2csc(C)n2)n(C)n1. The summed E-state index contributed by atoms with van der Waals surface area (Å²) in [5.74, 6) is 0. The van der Waals surface area contributed by atoms with Crippen LogP contribution < -0.4 is 5.32 Å². The first-order valence-corrected chi connectivity index (χ1v) is 6.64. The van der Waals surface area contributed by atoms with Crippen molar-refractivity contribution >= 4 is 11.3 Å². The van der Waals surface area contributed by atoms with E-state index in [0.29, 0.717) is 0 Å². The molecule has 0 saturated carbocycles. The summed E-state index contributed by atoms with van der Waals surface area (Å²) in [7, 11) is 1.98. The molecule has 0 fully saturated rings. The highest BCUT2D eigenvalue weighted by Gasteiger charge is 2.02. The third-order valence-electron chi connectivity index (χ3n) is 2.63. The van der Waals surface area contributed by atoms with E-state index in [-0.39, 0.29) is 0 Å². The predicted octanol–water partition coefficient (Wildman–Crippen LogP) is 1.83. The zero-order valence-electron chi connectivity index (χ0n) is 10.5. The van der Waals surface area contributed by atoms with Gasteiger partial charge in [-0.15, -0.1) is 11.3 Å². The largest absolute Gasteiger partial charge is 0.311 e. The summed E-state index contributed by atoms with van der Waals surface area (Å²) in [5.41, 5.74) is 3.47. The molecule has 2 rings (SSSR count). The quantitative estimate of drug-likeness (QED) is 0.823. The van der Waals surface area contributed by atoms with Gasteiger partial charge in [-0.25, -0.2) is 4.98 Å². The van der Waals surface area contributed by atoms with Crippen molar-refractivity contribution in [2.24, 2.45) is 7.05 Å². The van der Waals surface area contributed by atoms with Crippen molar-refractivity contribution in [2.45, 2.75) is 26.8 Å². The Balaban J connectivity index is 1.75. The first-order chi connectivity index (χ1) is 8.15. The fourth-order valence-electron chi connectivity index (χ4n) is 1.79. The highest BCUT2D eigenvalue weighted by molar-refractivity contribution is 7.09. The first-order valence-electron chi connectivity index (χ1n) is 5.76. The molecule has 0 unspecified atom stereocenters. The van der Waals surface area contributed by atoms with E-state index in [1.54, 1.807) is 11.3 Å². The number of thiazole rings is 1. The van der Waals surface area contributed by atoms with E-state index >= 15 is 0 Å². The molecule has 0 atom stereocenters. The van der Waals surface area contributed by atoms with E-state index in [4.69, 9.17) is 0 Å². The number of hydrogen-bond donors (Lipinski definition) is 1. The maximum atomic E-state index is 4.44. The maximum Gasteiger partial charge on any atom is 0.0897 e. The third-order valence-corrected chi connectivity index (χ3v) is 3.45. The van der Waals surface area contributed by atoms with Gasteiger partial charge < -0.3 is 5.32 Å². The zero-order valence-corrected chi connectivity index (χ0v) is 11.3. The molecule has 17 heavy (non-hydrogen) atoms. The average Bonchev–Trinajstić information content (AvgIpc) is 2.81. The van der Waals surface area contributed by atoms with E-state index in [1.807, 2.05) is 25.6 Å². The highest BCUT2D eigenvalue weighted by atomic mass is 32.1. The Labute approximate surface area is 106 Å². The Morgan fingerprint density at radius 2 is 2.24 bits per heavy atom. The van der Waals surface area contributed by atoms with E-state index in [0.717, 1.165) is 30.2 Å². The van der Waals surface area contributed by atoms with E-state index in [1.165, 1.54) is 11.4 Å². The molecular formula is C12H18N4S. The van der Waals surface area contributed by atoms with Crippen LogP contribution in [0, 0.1) is 13.8 Å². The van der Waals surface area contributed by atoms with E-state index in [2.05, 4.69) is 26.8 Å². The van der Waals surface area contributed by atoms with Crippen LogP contribution in [0.1, 0.15) is 22.1 Å². The highest BCUT2D eigenvalue weighted by Crippen LogP contribution is 2.08. The van der Waals surface area contributed by atoms with Gasteiger partial charge in [0.05, 0.1) is 22.1 Å². The van der Waals surface area contributed by atoms with Gasteiger partial charge in [-0.1, -0.05) is 0 Å². The standard InChI is InChI=1S/C12H18N4S/c1-9-6-12(16(3)15-9)7-13-5-4-11-8-17-10(2)14-11/h6,8,13H,4-5,7H2,1-3H3. The van der Waals surface area contributed by atoms with Gasteiger partial charge >= 0.3 is 0 Å². The molecule has 2 heterocycles. The summed E-state index contributed by atoms with van der Waals surface area (Å²) in [5, 5.41) is 11.0. The number of rotatable bonds is 5. The van der Waals surface area contributed by atoms with E-state index < -0.39 is 0 Å². The van der Waals surface area contributed by atoms with Gasteiger partial charge in [0.15, 0.2) is 0 Å². The van der Waals surface area contributed by atoms with E-state index in [9.17, 15) is 0 Å². The molecule has 0 amide bonds. The Morgan fingerprint density at radius 1 is 1.41 bits per heavy atom. The maximum absolute atomic E-state index is 4.44. The lowest BCUT2D eigenvalue weighted by atomic mass is 10.3. The normalized spacial score (nSPS) is 11.0. The Kier molecular flexibility index (Phi) is 3.91. The van der Waals surface area contributed by atoms with Crippen molar-refractivity contribution in [3.8, 4) is 0 Å². The summed E-state index contributed by atoms with van der Waals surface area (Å²) in [6, 6.07) is 2.11. The van der Waals surface area contributed by atoms with Crippen LogP contribution in [-0.2, 0) is 20.0 Å². The predicted molar refractivity (Wildman–Crippen MR) is 70.2 cm³/mol. The van der Waals surface area contributed by atoms with Crippen molar-refractivity contribution in [1.82, 2.24) is 20.1 Å². The van der Waals surface area contributed by atoms with Gasteiger partial charge in [-0.05, 0) is 19.9 Å². The zero-order chi connectivity index (χ0) is 12.3. The van der Waals surface area contributed by atoms with Gasteiger partial charge in [-0.2, -0.15) is 5.10 Å². The van der Waals surface area contributed by atoms with Crippen LogP contribution in [-0.4, -0.2) is 21.3 Å². The lowest BCUT2D eigenvalue weighted by molar-refractivity contribution is 0.622. The number of nitrogens with one attached hydrogen (secondary N) is 1. The van der Waals surface area contributed by atoms with Crippen LogP contribution in [0.25, 0.3) is 0 Å². The third kappa shape index (κ3) is 3.38. The van der Waals surface area contributed by atoms with Crippen molar-refractivity contribution in [1.29, 1.82) is 0 Å². The van der Waals surface area contributed by atoms with Crippen LogP contribution in [0.3, 0.4) is 0 Å². The fourth-order valence-corrected chi connectivity index (χ4v) is 2.43. The van der Waals surface area contributed by atoms with Crippen LogP contribution in [0.5, 0.6) is 0 Å². The molecule has 92 valence electrons. The molecule has 0 aliphatic rings. The summed E-state index contributed by atoms with van der Waals surface area (Å²) in [4.78, 5) is 4.44. The number of nitrogens with zero attached hydrogens (tertiary/aromatic N) is 3. The molecule has 0 spiro atoms. The number of aromatic nitrogens is 3. The Hall–Kier alpha value is -1.20. The summed E-state index contributed by atoms with van der Waals surface area (Å²) in [6.07, 6.45) is 0.987. The molecule has 2 aromatic rings. The number of hydrogen-bond acceptors (Lipinski definition) is 4. The first kappa shape index (κ1) is 12.3. The van der Waals surface area contributed by atoms with Gasteiger partial charge in [0.25, 0.3) is 0 Å². The monoisotopic (exact) mass is 250 g/mol. The average molecular weight is 250 g/mol. The Bertz CT molecular complexity index is 486. The second kappa shape index (κ2) is 5.42. The smallest absolute Gasteiger partial charge is 0.0897 e. The molecule has 5 heteroatoms. The summed E-state index contributed by atoms with van der Waals surface area (Å²) >= 11 is 1.71. The van der Waals surface area contributed by atoms with Crippen LogP contribution in [0.2, 0.25) is 0 Å². The van der Waals surface area contributed by atoms with Crippen molar-refractivity contribution in [2.75, 3.05) is 6.54 Å². The Morgan fingerprint density at radius 3 is 2.82 bits per heavy atom. The summed E-state index contributed by atoms with van der Waals surface area (Å²) < 4.78 is 1.93. The van der Waals surface area contributed by atoms with Gasteiger partial charge in [0.1, 0.15) is 0 Å². The molecule has 0 aromatic carbocycles. The van der Waals surface area contributed by atoms with Crippen LogP contribution in [0.4, 0.5) is 0 Å². The van der Waals surface area contributed by atoms with Crippen LogP contribution >= 0.6 is 11.3 Å². The fraction of sp³-hybridized carbons (Fsp3) is 0.500. The molecule has 0 bridgehead atoms. The minimum Gasteiger partial charge on any atom is -0.311 e. The van der Waals surface area contributed by atoms with Gasteiger partial charge in [-0.3, -0.25) is 4.68 Å². The number of aryl methyl sites for hydroxylation is 3. The summed E-state index contributed by atoms with van der Waals surface area (Å²) in [6.45, 7) is 5.87. The lowest BCUT2D eigenvalue weighted by Gasteiger charge is -2.03. The van der Waals surface area contributed by atoms with Crippen molar-refractivity contribution in [3.05, 3.63) is 33.5 Å². The minimum absolute atomic E-state index is 0.862. The molecule has 4 nitrogen and oxygen atoms in total. The molecule has 1 N–H and O–H groups in total. The molecule has 0 radical (unpaired) electrons. The molecule has 0 saturated heterocycles. The molecule has 0 aliphatic carbocycles. The molecule has 0 aliphatic heterocycles. The topological polar surface area (TPSA) is 42.7 Å². The van der Waals surface area contributed by atoms with Crippen LogP contribution in [0.15, 0.2) is 11.4 Å². The minimum atomic E-state index is 0.862. The van der Waals surface area contributed by atoms with Crippen molar-refractivity contribution in [3.63, 3.8) is 0 Å². The van der Waals surface area contributed by atoms with Crippen molar-refractivity contribution < 1.29 is 0 Å². The molecule has 2 aromatic heterocycles. The second-order valence-corrected chi connectivity index (χ2v) is 5.25. The van der Waals surface area contributed by atoms with Gasteiger partial charge in [0, 0.05) is 31.9 Å². The second-order valence-electron chi connectivity index (χ2n) is 4.19.